The molecule has 0 bridgehead atoms. The van der Waals surface area contributed by atoms with Crippen LogP contribution in [0, 0.1) is 5.92 Å². The van der Waals surface area contributed by atoms with E-state index in [0.717, 1.165) is 44.2 Å². The zero-order valence-corrected chi connectivity index (χ0v) is 22.4. The molecule has 0 amide bonds. The number of fused-ring (bicyclic) bond motifs is 1. The summed E-state index contributed by atoms with van der Waals surface area (Å²) in [5.74, 6) is 0.718. The number of aromatic nitrogens is 6. The molecule has 2 fully saturated rings. The van der Waals surface area contributed by atoms with Gasteiger partial charge >= 0.3 is 11.9 Å². The Morgan fingerprint density at radius 2 is 1.88 bits per heavy atom. The third-order valence-corrected chi connectivity index (χ3v) is 8.14. The SMILES string of the molecule is C[C@@H](Nc1nc(-c2noc(=O)[nH]2)nc2nc(N3CCCCC3CF)n(Cc3ccc(C(F)(F)F)cc3)c12)C1CCC1. The topological polar surface area (TPSA) is 118 Å². The monoisotopic (exact) mass is 574 g/mol. The molecule has 0 spiro atoms. The molecule has 14 heteroatoms. The number of rotatable bonds is 8. The molecular formula is C27H30F4N8O2. The summed E-state index contributed by atoms with van der Waals surface area (Å²) in [7, 11) is 0. The number of hydrogen-bond acceptors (Lipinski definition) is 8. The maximum absolute atomic E-state index is 14.2. The van der Waals surface area contributed by atoms with Crippen LogP contribution in [0.2, 0.25) is 0 Å². The molecule has 6 rings (SSSR count). The van der Waals surface area contributed by atoms with Gasteiger partial charge in [-0.1, -0.05) is 23.7 Å². The van der Waals surface area contributed by atoms with Gasteiger partial charge in [0.15, 0.2) is 11.5 Å². The Bertz CT molecular complexity index is 1570. The Morgan fingerprint density at radius 1 is 1.10 bits per heavy atom. The molecule has 1 saturated heterocycles. The molecule has 1 saturated carbocycles. The van der Waals surface area contributed by atoms with Crippen molar-refractivity contribution < 1.29 is 22.1 Å². The van der Waals surface area contributed by atoms with Crippen LogP contribution in [0.3, 0.4) is 0 Å². The summed E-state index contributed by atoms with van der Waals surface area (Å²) in [5, 5.41) is 7.23. The van der Waals surface area contributed by atoms with Crippen molar-refractivity contribution in [1.82, 2.24) is 29.7 Å². The summed E-state index contributed by atoms with van der Waals surface area (Å²) in [6.07, 6.45) is 1.24. The maximum Gasteiger partial charge on any atom is 0.439 e. The second kappa shape index (κ2) is 10.8. The van der Waals surface area contributed by atoms with E-state index in [-0.39, 0.29) is 29.9 Å². The van der Waals surface area contributed by atoms with Crippen molar-refractivity contribution >= 4 is 22.9 Å². The van der Waals surface area contributed by atoms with Crippen LogP contribution in [-0.2, 0) is 12.7 Å². The van der Waals surface area contributed by atoms with Crippen molar-refractivity contribution in [3.05, 3.63) is 45.9 Å². The minimum Gasteiger partial charge on any atom is -0.365 e. The second-order valence-corrected chi connectivity index (χ2v) is 10.8. The normalized spacial score (nSPS) is 19.0. The van der Waals surface area contributed by atoms with Crippen LogP contribution >= 0.6 is 0 Å². The van der Waals surface area contributed by atoms with Crippen molar-refractivity contribution in [3.63, 3.8) is 0 Å². The molecule has 218 valence electrons. The number of piperidine rings is 1. The minimum atomic E-state index is -4.45. The molecule has 4 aromatic rings. The van der Waals surface area contributed by atoms with Crippen LogP contribution in [0.4, 0.5) is 29.3 Å². The van der Waals surface area contributed by atoms with Gasteiger partial charge in [0.2, 0.25) is 17.6 Å². The van der Waals surface area contributed by atoms with Crippen LogP contribution < -0.4 is 16.0 Å². The van der Waals surface area contributed by atoms with E-state index < -0.39 is 30.2 Å². The smallest absolute Gasteiger partial charge is 0.365 e. The fourth-order valence-corrected chi connectivity index (χ4v) is 5.61. The number of H-pyrrole nitrogens is 1. The van der Waals surface area contributed by atoms with Crippen LogP contribution in [0.25, 0.3) is 22.8 Å². The summed E-state index contributed by atoms with van der Waals surface area (Å²) in [4.78, 5) is 30.1. The highest BCUT2D eigenvalue weighted by molar-refractivity contribution is 5.87. The maximum atomic E-state index is 14.2. The highest BCUT2D eigenvalue weighted by atomic mass is 19.4. The molecule has 0 radical (unpaired) electrons. The zero-order chi connectivity index (χ0) is 28.7. The predicted octanol–water partition coefficient (Wildman–Crippen LogP) is 5.17. The fourth-order valence-electron chi connectivity index (χ4n) is 5.61. The largest absolute Gasteiger partial charge is 0.439 e. The predicted molar refractivity (Wildman–Crippen MR) is 143 cm³/mol. The van der Waals surface area contributed by atoms with Gasteiger partial charge in [-0.15, -0.1) is 0 Å². The van der Waals surface area contributed by atoms with E-state index in [2.05, 4.69) is 31.9 Å². The summed E-state index contributed by atoms with van der Waals surface area (Å²) >= 11 is 0. The fraction of sp³-hybridized carbons (Fsp3) is 0.519. The summed E-state index contributed by atoms with van der Waals surface area (Å²) in [6.45, 7) is 2.24. The van der Waals surface area contributed by atoms with Gasteiger partial charge < -0.3 is 14.8 Å². The molecule has 1 aliphatic carbocycles. The Labute approximate surface area is 232 Å². The Hall–Kier alpha value is -3.97. The second-order valence-electron chi connectivity index (χ2n) is 10.8. The van der Waals surface area contributed by atoms with Gasteiger partial charge in [-0.3, -0.25) is 9.51 Å². The molecular weight excluding hydrogens is 544 g/mol. The van der Waals surface area contributed by atoms with Gasteiger partial charge in [0.25, 0.3) is 0 Å². The number of imidazole rings is 1. The number of hydrogen-bond donors (Lipinski definition) is 2. The van der Waals surface area contributed by atoms with E-state index in [1.165, 1.54) is 12.1 Å². The van der Waals surface area contributed by atoms with E-state index >= 15 is 0 Å². The zero-order valence-electron chi connectivity index (χ0n) is 22.4. The van der Waals surface area contributed by atoms with Crippen LogP contribution in [0.15, 0.2) is 33.6 Å². The highest BCUT2D eigenvalue weighted by Gasteiger charge is 2.32. The molecule has 2 N–H and O–H groups in total. The van der Waals surface area contributed by atoms with E-state index in [1.807, 2.05) is 9.47 Å². The first-order chi connectivity index (χ1) is 19.7. The van der Waals surface area contributed by atoms with Crippen LogP contribution in [-0.4, -0.2) is 55.0 Å². The number of anilines is 2. The molecule has 1 unspecified atom stereocenters. The summed E-state index contributed by atoms with van der Waals surface area (Å²) in [5.41, 5.74) is 0.683. The highest BCUT2D eigenvalue weighted by Crippen LogP contribution is 2.36. The number of halogens is 4. The standard InChI is InChI=1S/C27H30F4N8O2/c1-15(17-5-4-6-17)32-21-20-22(34-23(33-21)24-36-26(40)41-37-24)35-25(38-12-3-2-7-19(38)13-28)39(20)14-16-8-10-18(11-9-16)27(29,30)31/h8-11,15,17,19H,2-7,12-14H2,1H3,(H,32,33,34)(H,36,37,40)/t15-,19?/m1/s1. The molecule has 2 atom stereocenters. The van der Waals surface area contributed by atoms with Gasteiger partial charge in [-0.25, -0.2) is 19.2 Å². The number of nitrogens with one attached hydrogen (secondary N) is 2. The van der Waals surface area contributed by atoms with Crippen molar-refractivity contribution in [1.29, 1.82) is 0 Å². The van der Waals surface area contributed by atoms with Gasteiger partial charge in [0.05, 0.1) is 18.2 Å². The first kappa shape index (κ1) is 27.2. The summed E-state index contributed by atoms with van der Waals surface area (Å²) in [6, 6.07) is 4.62. The van der Waals surface area contributed by atoms with Crippen molar-refractivity contribution in [3.8, 4) is 11.6 Å². The lowest BCUT2D eigenvalue weighted by Gasteiger charge is -2.35. The lowest BCUT2D eigenvalue weighted by molar-refractivity contribution is -0.137. The molecule has 10 nitrogen and oxygen atoms in total. The Morgan fingerprint density at radius 3 is 2.51 bits per heavy atom. The quantitative estimate of drug-likeness (QED) is 0.277. The number of alkyl halides is 4. The molecule has 1 aliphatic heterocycles. The van der Waals surface area contributed by atoms with E-state index in [1.54, 1.807) is 0 Å². The van der Waals surface area contributed by atoms with E-state index in [9.17, 15) is 22.4 Å². The van der Waals surface area contributed by atoms with E-state index in [4.69, 9.17) is 9.97 Å². The summed E-state index contributed by atoms with van der Waals surface area (Å²) < 4.78 is 60.4. The first-order valence-electron chi connectivity index (χ1n) is 13.8. The average molecular weight is 575 g/mol. The number of nitrogens with zero attached hydrogens (tertiary/aromatic N) is 6. The molecule has 2 aliphatic rings. The number of benzene rings is 1. The van der Waals surface area contributed by atoms with Crippen molar-refractivity contribution in [2.24, 2.45) is 5.92 Å². The molecule has 41 heavy (non-hydrogen) atoms. The Kier molecular flexibility index (Phi) is 7.16. The third kappa shape index (κ3) is 5.38. The van der Waals surface area contributed by atoms with Gasteiger partial charge in [-0.05, 0) is 62.6 Å². The average Bonchev–Trinajstić information content (AvgIpc) is 3.51. The van der Waals surface area contributed by atoms with Crippen LogP contribution in [0.1, 0.15) is 56.6 Å². The third-order valence-electron chi connectivity index (χ3n) is 8.14. The van der Waals surface area contributed by atoms with Crippen molar-refractivity contribution in [2.45, 2.75) is 70.3 Å². The molecule has 4 heterocycles. The molecule has 1 aromatic carbocycles. The first-order valence-corrected chi connectivity index (χ1v) is 13.8. The van der Waals surface area contributed by atoms with Gasteiger partial charge in [-0.2, -0.15) is 18.2 Å². The van der Waals surface area contributed by atoms with Gasteiger partial charge in [0, 0.05) is 12.6 Å². The Balaban J connectivity index is 1.51. The van der Waals surface area contributed by atoms with E-state index in [0.29, 0.717) is 41.7 Å². The lowest BCUT2D eigenvalue weighted by atomic mass is 9.80. The number of aromatic amines is 1. The molecule has 3 aromatic heterocycles. The minimum absolute atomic E-state index is 0.0368. The van der Waals surface area contributed by atoms with Crippen molar-refractivity contribution in [2.75, 3.05) is 23.4 Å². The lowest BCUT2D eigenvalue weighted by Crippen LogP contribution is -2.42. The van der Waals surface area contributed by atoms with Crippen LogP contribution in [0.5, 0.6) is 0 Å². The van der Waals surface area contributed by atoms with Gasteiger partial charge in [0.1, 0.15) is 12.2 Å².